The molecule has 1 aromatic rings. The smallest absolute Gasteiger partial charge is 0.412 e. The molecule has 0 spiro atoms. The van der Waals surface area contributed by atoms with Crippen LogP contribution >= 0.6 is 0 Å². The molecule has 2 aliphatic heterocycles. The van der Waals surface area contributed by atoms with Crippen molar-refractivity contribution in [3.63, 3.8) is 0 Å². The van der Waals surface area contributed by atoms with E-state index in [4.69, 9.17) is 4.74 Å². The molecule has 2 heterocycles. The third-order valence-corrected chi connectivity index (χ3v) is 3.04. The molecule has 0 bridgehead atoms. The first-order chi connectivity index (χ1) is 10.8. The van der Waals surface area contributed by atoms with Crippen molar-refractivity contribution in [2.45, 2.75) is 13.0 Å². The summed E-state index contributed by atoms with van der Waals surface area (Å²) >= 11 is 0. The number of amides is 1. The molecule has 0 fully saturated rings. The summed E-state index contributed by atoms with van der Waals surface area (Å²) in [5.74, 6) is 0.908. The lowest BCUT2D eigenvalue weighted by Gasteiger charge is -2.20. The molecule has 0 radical (unpaired) electrons. The van der Waals surface area contributed by atoms with Crippen LogP contribution in [0.3, 0.4) is 0 Å². The molecular formula is C15H15N5O2. The SMILES string of the molecule is CCOC(=O)NC1=NC2=NC=NC2C(Nc2ccccc2)=C1. The third kappa shape index (κ3) is 3.03. The number of carbonyl (C=O) groups excluding carboxylic acids is 1. The third-order valence-electron chi connectivity index (χ3n) is 3.04. The van der Waals surface area contributed by atoms with Gasteiger partial charge in [0, 0.05) is 11.8 Å². The second-order valence-electron chi connectivity index (χ2n) is 4.59. The zero-order valence-electron chi connectivity index (χ0n) is 12.0. The minimum absolute atomic E-state index is 0.270. The number of aliphatic imine (C=N–C) groups is 3. The normalized spacial score (nSPS) is 18.8. The largest absolute Gasteiger partial charge is 0.450 e. The molecule has 7 heteroatoms. The van der Waals surface area contributed by atoms with E-state index in [0.29, 0.717) is 18.3 Å². The van der Waals surface area contributed by atoms with Gasteiger partial charge in [0.15, 0.2) is 11.9 Å². The Morgan fingerprint density at radius 1 is 1.32 bits per heavy atom. The van der Waals surface area contributed by atoms with Crippen molar-refractivity contribution in [3.8, 4) is 0 Å². The minimum Gasteiger partial charge on any atom is -0.450 e. The number of para-hydroxylation sites is 1. The number of amidine groups is 2. The van der Waals surface area contributed by atoms with Gasteiger partial charge in [-0.3, -0.25) is 10.3 Å². The highest BCUT2D eigenvalue weighted by molar-refractivity contribution is 6.15. The predicted molar refractivity (Wildman–Crippen MR) is 85.5 cm³/mol. The predicted octanol–water partition coefficient (Wildman–Crippen LogP) is 1.95. The number of benzene rings is 1. The van der Waals surface area contributed by atoms with Gasteiger partial charge >= 0.3 is 6.09 Å². The topological polar surface area (TPSA) is 87.4 Å². The van der Waals surface area contributed by atoms with Crippen LogP contribution in [0.4, 0.5) is 10.5 Å². The van der Waals surface area contributed by atoms with Gasteiger partial charge in [0.1, 0.15) is 12.2 Å². The van der Waals surface area contributed by atoms with Gasteiger partial charge in [0.05, 0.1) is 12.3 Å². The second kappa shape index (κ2) is 6.21. The van der Waals surface area contributed by atoms with Crippen LogP contribution < -0.4 is 10.6 Å². The molecule has 0 aromatic heterocycles. The van der Waals surface area contributed by atoms with Crippen LogP contribution in [0, 0.1) is 0 Å². The number of ether oxygens (including phenoxy) is 1. The first-order valence-corrected chi connectivity index (χ1v) is 6.91. The average Bonchev–Trinajstić information content (AvgIpc) is 2.97. The molecule has 0 saturated heterocycles. The van der Waals surface area contributed by atoms with Crippen LogP contribution in [0.5, 0.6) is 0 Å². The Balaban J connectivity index is 1.81. The highest BCUT2D eigenvalue weighted by atomic mass is 16.5. The Morgan fingerprint density at radius 2 is 2.14 bits per heavy atom. The Hall–Kier alpha value is -2.96. The fourth-order valence-electron chi connectivity index (χ4n) is 2.12. The molecule has 7 nitrogen and oxygen atoms in total. The molecule has 3 rings (SSSR count). The lowest BCUT2D eigenvalue weighted by molar-refractivity contribution is 0.158. The number of carbonyl (C=O) groups is 1. The molecule has 1 amide bonds. The van der Waals surface area contributed by atoms with Crippen LogP contribution in [0.2, 0.25) is 0 Å². The molecule has 2 N–H and O–H groups in total. The number of alkyl carbamates (subject to hydrolysis) is 1. The van der Waals surface area contributed by atoms with E-state index in [1.807, 2.05) is 30.3 Å². The van der Waals surface area contributed by atoms with Gasteiger partial charge in [-0.25, -0.2) is 14.8 Å². The maximum absolute atomic E-state index is 11.5. The molecular weight excluding hydrogens is 282 g/mol. The van der Waals surface area contributed by atoms with Gasteiger partial charge in [0.25, 0.3) is 0 Å². The van der Waals surface area contributed by atoms with E-state index in [9.17, 15) is 4.79 Å². The number of dihydropyridines is 1. The van der Waals surface area contributed by atoms with E-state index in [-0.39, 0.29) is 6.04 Å². The first-order valence-electron chi connectivity index (χ1n) is 6.91. The van der Waals surface area contributed by atoms with Gasteiger partial charge < -0.3 is 10.1 Å². The van der Waals surface area contributed by atoms with Crippen molar-refractivity contribution in [2.24, 2.45) is 15.0 Å². The molecule has 2 aliphatic rings. The molecule has 0 aliphatic carbocycles. The summed E-state index contributed by atoms with van der Waals surface area (Å²) in [4.78, 5) is 24.2. The zero-order valence-corrected chi connectivity index (χ0v) is 12.0. The van der Waals surface area contributed by atoms with Gasteiger partial charge in [0.2, 0.25) is 0 Å². The van der Waals surface area contributed by atoms with Gasteiger partial charge in [-0.15, -0.1) is 0 Å². The monoisotopic (exact) mass is 297 g/mol. The fourth-order valence-corrected chi connectivity index (χ4v) is 2.12. The summed E-state index contributed by atoms with van der Waals surface area (Å²) in [5, 5.41) is 5.87. The van der Waals surface area contributed by atoms with Crippen molar-refractivity contribution in [3.05, 3.63) is 42.1 Å². The van der Waals surface area contributed by atoms with Crippen LogP contribution in [0.15, 0.2) is 57.1 Å². The number of nitrogens with one attached hydrogen (secondary N) is 2. The fraction of sp³-hybridized carbons (Fsp3) is 0.200. The Morgan fingerprint density at radius 3 is 2.91 bits per heavy atom. The van der Waals surface area contributed by atoms with E-state index >= 15 is 0 Å². The number of rotatable bonds is 3. The number of hydrogen-bond donors (Lipinski definition) is 2. The molecule has 0 saturated carbocycles. The molecule has 1 atom stereocenters. The van der Waals surface area contributed by atoms with Crippen molar-refractivity contribution < 1.29 is 9.53 Å². The molecule has 1 aromatic carbocycles. The molecule has 1 unspecified atom stereocenters. The van der Waals surface area contributed by atoms with Crippen molar-refractivity contribution in [2.75, 3.05) is 11.9 Å². The van der Waals surface area contributed by atoms with Gasteiger partial charge in [-0.2, -0.15) is 0 Å². The number of nitrogens with zero attached hydrogens (tertiary/aromatic N) is 3. The number of hydrogen-bond acceptors (Lipinski definition) is 6. The second-order valence-corrected chi connectivity index (χ2v) is 4.59. The minimum atomic E-state index is -0.547. The Bertz CT molecular complexity index is 691. The van der Waals surface area contributed by atoms with Crippen molar-refractivity contribution >= 4 is 29.8 Å². The quantitative estimate of drug-likeness (QED) is 0.894. The van der Waals surface area contributed by atoms with E-state index in [1.165, 1.54) is 6.34 Å². The highest BCUT2D eigenvalue weighted by Crippen LogP contribution is 2.20. The summed E-state index contributed by atoms with van der Waals surface area (Å²) in [6.45, 7) is 2.04. The zero-order chi connectivity index (χ0) is 15.4. The standard InChI is InChI=1S/C15H15N5O2/c1-2-22-15(21)20-12-8-11(13-14(19-12)17-9-16-13)18-10-6-4-3-5-7-10/h3-9,13,18H,2H2,1H3,(H,16,17,19,20,21). The summed E-state index contributed by atoms with van der Waals surface area (Å²) < 4.78 is 4.86. The van der Waals surface area contributed by atoms with Crippen LogP contribution in [-0.2, 0) is 4.74 Å². The lowest BCUT2D eigenvalue weighted by atomic mass is 10.1. The van der Waals surface area contributed by atoms with E-state index < -0.39 is 6.09 Å². The first kappa shape index (κ1) is 14.0. The summed E-state index contributed by atoms with van der Waals surface area (Å²) in [6, 6.07) is 9.43. The van der Waals surface area contributed by atoms with E-state index in [2.05, 4.69) is 25.6 Å². The van der Waals surface area contributed by atoms with E-state index in [0.717, 1.165) is 11.4 Å². The average molecular weight is 297 g/mol. The van der Waals surface area contributed by atoms with Crippen LogP contribution in [0.1, 0.15) is 6.92 Å². The highest BCUT2D eigenvalue weighted by Gasteiger charge is 2.27. The van der Waals surface area contributed by atoms with Crippen molar-refractivity contribution in [1.29, 1.82) is 0 Å². The molecule has 22 heavy (non-hydrogen) atoms. The molecule has 112 valence electrons. The van der Waals surface area contributed by atoms with Gasteiger partial charge in [-0.1, -0.05) is 18.2 Å². The van der Waals surface area contributed by atoms with E-state index in [1.54, 1.807) is 13.0 Å². The number of fused-ring (bicyclic) bond motifs is 1. The number of anilines is 1. The lowest BCUT2D eigenvalue weighted by Crippen LogP contribution is -2.36. The van der Waals surface area contributed by atoms with Crippen LogP contribution in [0.25, 0.3) is 0 Å². The van der Waals surface area contributed by atoms with Crippen LogP contribution in [-0.4, -0.2) is 36.8 Å². The maximum atomic E-state index is 11.5. The van der Waals surface area contributed by atoms with Gasteiger partial charge in [-0.05, 0) is 19.1 Å². The Kier molecular flexibility index (Phi) is 3.95. The maximum Gasteiger partial charge on any atom is 0.412 e. The van der Waals surface area contributed by atoms with Crippen molar-refractivity contribution in [1.82, 2.24) is 5.32 Å². The Labute approximate surface area is 127 Å². The summed E-state index contributed by atoms with van der Waals surface area (Å²) in [6.07, 6.45) is 2.66. The summed E-state index contributed by atoms with van der Waals surface area (Å²) in [5.41, 5.74) is 1.72. The summed E-state index contributed by atoms with van der Waals surface area (Å²) in [7, 11) is 0.